The summed E-state index contributed by atoms with van der Waals surface area (Å²) in [6.07, 6.45) is 1.62. The lowest BCUT2D eigenvalue weighted by atomic mass is 10.2. The normalized spacial score (nSPS) is 11.9. The first kappa shape index (κ1) is 21.2. The van der Waals surface area contributed by atoms with Crippen LogP contribution in [0.5, 0.6) is 5.75 Å². The molecule has 1 heterocycles. The molecule has 0 bridgehead atoms. The van der Waals surface area contributed by atoms with Crippen molar-refractivity contribution in [2.75, 3.05) is 0 Å². The molecular formula is C24H18Br2N4O. The molecule has 4 aromatic rings. The van der Waals surface area contributed by atoms with Gasteiger partial charge in [0.1, 0.15) is 11.4 Å². The van der Waals surface area contributed by atoms with Gasteiger partial charge >= 0.3 is 0 Å². The standard InChI is InChI=1S/C24H18Br2N4O/c1-15-11-18(25)13-20(26)23(15)29-24(30-27-14-16-5-4-7-19(31)12-16)22-10-9-17-6-2-3-8-21(17)28-22/h2-14,31H,1H3,(H,29,30). The highest BCUT2D eigenvalue weighted by atomic mass is 79.9. The van der Waals surface area contributed by atoms with Crippen LogP contribution in [0.1, 0.15) is 16.8 Å². The predicted molar refractivity (Wildman–Crippen MR) is 133 cm³/mol. The number of amidine groups is 1. The highest BCUT2D eigenvalue weighted by Crippen LogP contribution is 2.33. The summed E-state index contributed by atoms with van der Waals surface area (Å²) >= 11 is 7.11. The van der Waals surface area contributed by atoms with Crippen molar-refractivity contribution in [3.8, 4) is 5.75 Å². The lowest BCUT2D eigenvalue weighted by Gasteiger charge is -2.10. The Bertz CT molecular complexity index is 1290. The van der Waals surface area contributed by atoms with Crippen LogP contribution < -0.4 is 5.43 Å². The van der Waals surface area contributed by atoms with Crippen molar-refractivity contribution in [3.63, 3.8) is 0 Å². The van der Waals surface area contributed by atoms with E-state index in [1.165, 1.54) is 0 Å². The number of phenolic OH excluding ortho intramolecular Hbond substituents is 1. The summed E-state index contributed by atoms with van der Waals surface area (Å²) in [6, 6.07) is 22.7. The second-order valence-corrected chi connectivity index (χ2v) is 8.64. The summed E-state index contributed by atoms with van der Waals surface area (Å²) in [6.45, 7) is 2.00. The third-order valence-electron chi connectivity index (χ3n) is 4.54. The highest BCUT2D eigenvalue weighted by Gasteiger charge is 2.10. The number of aromatic nitrogens is 1. The quantitative estimate of drug-likeness (QED) is 0.178. The fourth-order valence-electron chi connectivity index (χ4n) is 3.06. The number of hydrogen-bond acceptors (Lipinski definition) is 4. The maximum absolute atomic E-state index is 9.65. The molecule has 1 aromatic heterocycles. The van der Waals surface area contributed by atoms with Gasteiger partial charge in [-0.05, 0) is 70.4 Å². The number of phenols is 1. The van der Waals surface area contributed by atoms with Crippen LogP contribution in [0.15, 0.2) is 91.8 Å². The zero-order valence-electron chi connectivity index (χ0n) is 16.6. The predicted octanol–water partition coefficient (Wildman–Crippen LogP) is 6.48. The van der Waals surface area contributed by atoms with Gasteiger partial charge < -0.3 is 5.11 Å². The minimum absolute atomic E-state index is 0.184. The summed E-state index contributed by atoms with van der Waals surface area (Å²) in [5.41, 5.74) is 7.12. The lowest BCUT2D eigenvalue weighted by Crippen LogP contribution is -2.20. The molecule has 0 spiro atoms. The Kier molecular flexibility index (Phi) is 6.44. The Morgan fingerprint density at radius 2 is 1.84 bits per heavy atom. The van der Waals surface area contributed by atoms with Gasteiger partial charge in [-0.3, -0.25) is 5.43 Å². The van der Waals surface area contributed by atoms with Crippen LogP contribution in [0.25, 0.3) is 10.9 Å². The van der Waals surface area contributed by atoms with E-state index in [1.54, 1.807) is 24.4 Å². The van der Waals surface area contributed by atoms with Gasteiger partial charge in [-0.15, -0.1) is 0 Å². The number of para-hydroxylation sites is 1. The number of rotatable bonds is 4. The first-order valence-electron chi connectivity index (χ1n) is 9.48. The second-order valence-electron chi connectivity index (χ2n) is 6.87. The molecule has 0 radical (unpaired) electrons. The van der Waals surface area contributed by atoms with Gasteiger partial charge in [0.25, 0.3) is 0 Å². The van der Waals surface area contributed by atoms with Crippen LogP contribution in [0.4, 0.5) is 5.69 Å². The third-order valence-corrected chi connectivity index (χ3v) is 5.60. The number of aryl methyl sites for hydroxylation is 1. The molecule has 2 N–H and O–H groups in total. The lowest BCUT2D eigenvalue weighted by molar-refractivity contribution is 0.475. The second kappa shape index (κ2) is 9.41. The monoisotopic (exact) mass is 536 g/mol. The van der Waals surface area contributed by atoms with Crippen molar-refractivity contribution in [3.05, 3.63) is 98.6 Å². The smallest absolute Gasteiger partial charge is 0.173 e. The number of fused-ring (bicyclic) bond motifs is 1. The van der Waals surface area contributed by atoms with Gasteiger partial charge in [0.05, 0.1) is 17.4 Å². The number of pyridine rings is 1. The molecular weight excluding hydrogens is 520 g/mol. The molecule has 31 heavy (non-hydrogen) atoms. The molecule has 154 valence electrons. The maximum Gasteiger partial charge on any atom is 0.173 e. The largest absolute Gasteiger partial charge is 0.508 e. The Morgan fingerprint density at radius 1 is 1.00 bits per heavy atom. The van der Waals surface area contributed by atoms with E-state index in [2.05, 4.69) is 42.4 Å². The molecule has 7 heteroatoms. The maximum atomic E-state index is 9.65. The molecule has 0 unspecified atom stereocenters. The zero-order valence-corrected chi connectivity index (χ0v) is 19.7. The fourth-order valence-corrected chi connectivity index (χ4v) is 4.59. The highest BCUT2D eigenvalue weighted by molar-refractivity contribution is 9.11. The Balaban J connectivity index is 1.76. The number of hydrogen-bond donors (Lipinski definition) is 2. The minimum atomic E-state index is 0.184. The van der Waals surface area contributed by atoms with Gasteiger partial charge in [-0.2, -0.15) is 5.10 Å². The molecule has 0 fully saturated rings. The van der Waals surface area contributed by atoms with Crippen molar-refractivity contribution in [1.82, 2.24) is 10.4 Å². The van der Waals surface area contributed by atoms with Crippen LogP contribution in [-0.2, 0) is 0 Å². The molecule has 0 saturated carbocycles. The summed E-state index contributed by atoms with van der Waals surface area (Å²) in [5, 5.41) is 15.0. The Morgan fingerprint density at radius 3 is 2.65 bits per heavy atom. The van der Waals surface area contributed by atoms with Crippen LogP contribution in [0.2, 0.25) is 0 Å². The fraction of sp³-hybridized carbons (Fsp3) is 0.0417. The molecule has 0 aliphatic heterocycles. The van der Waals surface area contributed by atoms with E-state index in [0.29, 0.717) is 11.5 Å². The first-order valence-corrected chi connectivity index (χ1v) is 11.1. The number of aromatic hydroxyl groups is 1. The van der Waals surface area contributed by atoms with Crippen molar-refractivity contribution in [2.24, 2.45) is 10.1 Å². The minimum Gasteiger partial charge on any atom is -0.508 e. The number of nitrogens with one attached hydrogen (secondary N) is 1. The third kappa shape index (κ3) is 5.18. The molecule has 0 aliphatic carbocycles. The van der Waals surface area contributed by atoms with Crippen LogP contribution in [-0.4, -0.2) is 22.1 Å². The topological polar surface area (TPSA) is 69.9 Å². The molecule has 0 saturated heterocycles. The van der Waals surface area contributed by atoms with Crippen LogP contribution in [0.3, 0.4) is 0 Å². The number of hydrazone groups is 1. The first-order chi connectivity index (χ1) is 15.0. The molecule has 3 aromatic carbocycles. The van der Waals surface area contributed by atoms with Gasteiger partial charge in [-0.1, -0.05) is 52.3 Å². The van der Waals surface area contributed by atoms with E-state index in [1.807, 2.05) is 61.5 Å². The van der Waals surface area contributed by atoms with Crippen molar-refractivity contribution in [2.45, 2.75) is 6.92 Å². The van der Waals surface area contributed by atoms with Crippen LogP contribution >= 0.6 is 31.9 Å². The van der Waals surface area contributed by atoms with Crippen molar-refractivity contribution in [1.29, 1.82) is 0 Å². The van der Waals surface area contributed by atoms with E-state index in [9.17, 15) is 5.11 Å². The van der Waals surface area contributed by atoms with Crippen molar-refractivity contribution < 1.29 is 5.11 Å². The van der Waals surface area contributed by atoms with Gasteiger partial charge in [0.2, 0.25) is 0 Å². The Labute approximate surface area is 196 Å². The van der Waals surface area contributed by atoms with Crippen LogP contribution in [0, 0.1) is 6.92 Å². The zero-order chi connectivity index (χ0) is 21.8. The average molecular weight is 538 g/mol. The molecule has 4 rings (SSSR count). The number of aliphatic imine (C=N–C) groups is 1. The molecule has 5 nitrogen and oxygen atoms in total. The summed E-state index contributed by atoms with van der Waals surface area (Å²) in [5.74, 6) is 0.691. The Hall–Kier alpha value is -3.03. The van der Waals surface area contributed by atoms with Gasteiger partial charge in [0.15, 0.2) is 5.84 Å². The van der Waals surface area contributed by atoms with Crippen molar-refractivity contribution >= 4 is 60.5 Å². The van der Waals surface area contributed by atoms with Gasteiger partial charge in [0, 0.05) is 14.3 Å². The van der Waals surface area contributed by atoms with E-state index < -0.39 is 0 Å². The van der Waals surface area contributed by atoms with E-state index in [-0.39, 0.29) is 5.75 Å². The molecule has 0 amide bonds. The average Bonchev–Trinajstić information content (AvgIpc) is 2.74. The summed E-state index contributed by atoms with van der Waals surface area (Å²) in [7, 11) is 0. The van der Waals surface area contributed by atoms with Gasteiger partial charge in [-0.25, -0.2) is 9.98 Å². The van der Waals surface area contributed by atoms with E-state index in [4.69, 9.17) is 9.98 Å². The summed E-state index contributed by atoms with van der Waals surface area (Å²) in [4.78, 5) is 9.59. The summed E-state index contributed by atoms with van der Waals surface area (Å²) < 4.78 is 1.83. The molecule has 0 aliphatic rings. The number of benzene rings is 3. The SMILES string of the molecule is Cc1cc(Br)cc(Br)c1N=C(NN=Cc1cccc(O)c1)c1ccc2ccccc2n1. The number of halogens is 2. The van der Waals surface area contributed by atoms with E-state index >= 15 is 0 Å². The molecule has 0 atom stereocenters. The van der Waals surface area contributed by atoms with E-state index in [0.717, 1.165) is 36.7 Å². The number of nitrogens with zero attached hydrogens (tertiary/aromatic N) is 3.